The van der Waals surface area contributed by atoms with E-state index in [1.807, 2.05) is 0 Å². The van der Waals surface area contributed by atoms with E-state index < -0.39 is 13.5 Å². The first kappa shape index (κ1) is 8.94. The van der Waals surface area contributed by atoms with Crippen molar-refractivity contribution < 1.29 is 23.2 Å². The Kier molecular flexibility index (Phi) is 3.57. The zero-order valence-electron chi connectivity index (χ0n) is 3.39. The maximum atomic E-state index is 10.0. The Morgan fingerprint density at radius 3 is 2.12 bits per heavy atom. The van der Waals surface area contributed by atoms with Crippen molar-refractivity contribution in [1.82, 2.24) is 0 Å². The van der Waals surface area contributed by atoms with Crippen molar-refractivity contribution in [1.29, 1.82) is 0 Å². The minimum absolute atomic E-state index is 1.04. The van der Waals surface area contributed by atoms with Crippen molar-refractivity contribution in [3.8, 4) is 0 Å². The van der Waals surface area contributed by atoms with Crippen LogP contribution in [0.25, 0.3) is 0 Å². The Balaban J connectivity index is 3.74. The molecule has 0 rings (SSSR count). The van der Waals surface area contributed by atoms with Gasteiger partial charge >= 0.3 is 13.5 Å². The molecule has 0 radical (unpaired) electrons. The molecule has 0 saturated carbocycles. The Morgan fingerprint density at radius 1 is 1.75 bits per heavy atom. The van der Waals surface area contributed by atoms with Crippen molar-refractivity contribution >= 4 is 35.5 Å². The molecule has 0 aromatic rings. The Labute approximate surface area is 59.0 Å². The summed E-state index contributed by atoms with van der Waals surface area (Å²) in [5, 5.41) is -3.79. The first-order valence-corrected chi connectivity index (χ1v) is 6.79. The van der Waals surface area contributed by atoms with Crippen LogP contribution in [0, 0.1) is 0 Å². The summed E-state index contributed by atoms with van der Waals surface area (Å²) in [5.74, 6) is 0. The van der Waals surface area contributed by atoms with Crippen molar-refractivity contribution in [2.24, 2.45) is 0 Å². The molecule has 0 bridgehead atoms. The monoisotopic (exact) mass is 271 g/mol. The van der Waals surface area contributed by atoms with Crippen molar-refractivity contribution in [3.05, 3.63) is 0 Å². The molecule has 2 N–H and O–H groups in total. The number of halogens is 1. The van der Waals surface area contributed by atoms with Crippen LogP contribution in [0.3, 0.4) is 0 Å². The molecule has 0 aliphatic carbocycles. The molecule has 2 atom stereocenters. The average Bonchev–Trinajstić information content (AvgIpc) is 1.21. The van der Waals surface area contributed by atoms with E-state index in [1.54, 1.807) is 0 Å². The highest BCUT2D eigenvalue weighted by Crippen LogP contribution is 2.56. The molecule has 0 aliphatic heterocycles. The molecule has 0 heterocycles. The van der Waals surface area contributed by atoms with Crippen LogP contribution in [0.2, 0.25) is 0 Å². The fourth-order valence-electron chi connectivity index (χ4n) is 0.0862. The molecule has 0 amide bonds. The lowest BCUT2D eigenvalue weighted by molar-refractivity contribution is 0.369. The number of hydrogen-bond acceptors (Lipinski definition) is 3. The lowest BCUT2D eigenvalue weighted by atomic mass is 15.8. The van der Waals surface area contributed by atoms with Gasteiger partial charge < -0.3 is 4.89 Å². The molecular formula is H2IO5P2+. The van der Waals surface area contributed by atoms with Crippen molar-refractivity contribution in [3.63, 3.8) is 0 Å². The molecule has 0 spiro atoms. The van der Waals surface area contributed by atoms with Crippen LogP contribution in [-0.2, 0) is 13.4 Å². The number of rotatable bonds is 2. The summed E-state index contributed by atoms with van der Waals surface area (Å²) in [6.07, 6.45) is 0. The van der Waals surface area contributed by atoms with E-state index in [2.05, 4.69) is 4.31 Å². The molecule has 8 heteroatoms. The molecule has 0 aromatic heterocycles. The van der Waals surface area contributed by atoms with Gasteiger partial charge in [-0.3, -0.25) is 0 Å². The van der Waals surface area contributed by atoms with Gasteiger partial charge in [-0.2, -0.15) is 0 Å². The standard InChI is InChI=1S/HIO5P2/c1-8(4,5)6-7(2)3/h(H-,2,3,4,5)/p+1. The summed E-state index contributed by atoms with van der Waals surface area (Å²) in [5.41, 5.74) is 0. The quantitative estimate of drug-likeness (QED) is 0.582. The fraction of sp³-hybridized carbons (Fsp3) is 0. The molecule has 8 heavy (non-hydrogen) atoms. The first-order chi connectivity index (χ1) is 3.42. The summed E-state index contributed by atoms with van der Waals surface area (Å²) in [4.78, 5) is 16.0. The maximum absolute atomic E-state index is 10.0. The van der Waals surface area contributed by atoms with E-state index in [9.17, 15) is 9.13 Å². The minimum atomic E-state index is -3.79. The van der Waals surface area contributed by atoms with Gasteiger partial charge in [0.15, 0.2) is 0 Å². The Bertz CT molecular complexity index is 133. The molecular weight excluding hydrogens is 269 g/mol. The maximum Gasteiger partial charge on any atom is 0.704 e. The largest absolute Gasteiger partial charge is 0.704 e. The van der Waals surface area contributed by atoms with Gasteiger partial charge in [0.05, 0.1) is 22.0 Å². The Morgan fingerprint density at radius 2 is 2.12 bits per heavy atom. The van der Waals surface area contributed by atoms with E-state index in [-0.39, 0.29) is 0 Å². The van der Waals surface area contributed by atoms with Gasteiger partial charge in [-0.15, -0.1) is 4.89 Å². The van der Waals surface area contributed by atoms with Gasteiger partial charge in [0, 0.05) is 4.57 Å². The third-order valence-corrected chi connectivity index (χ3v) is 3.12. The summed E-state index contributed by atoms with van der Waals surface area (Å²) in [6, 6.07) is 0. The molecule has 0 saturated heterocycles. The SMILES string of the molecule is O=[P+](O)OP(=O)(O)I. The number of hydrogen-bond donors (Lipinski definition) is 2. The smallest absolute Gasteiger partial charge is 0.315 e. The molecule has 0 fully saturated rings. The van der Waals surface area contributed by atoms with E-state index in [0.717, 1.165) is 22.0 Å². The normalized spacial score (nSPS) is 19.6. The van der Waals surface area contributed by atoms with Crippen LogP contribution < -0.4 is 0 Å². The van der Waals surface area contributed by atoms with Crippen LogP contribution in [0.5, 0.6) is 0 Å². The molecule has 48 valence electrons. The summed E-state index contributed by atoms with van der Waals surface area (Å²) in [6.45, 7) is 0. The van der Waals surface area contributed by atoms with Gasteiger partial charge in [0.1, 0.15) is 0 Å². The van der Waals surface area contributed by atoms with E-state index in [4.69, 9.17) is 9.79 Å². The lowest BCUT2D eigenvalue weighted by Crippen LogP contribution is -1.66. The van der Waals surface area contributed by atoms with Gasteiger partial charge in [-0.25, -0.2) is 4.57 Å². The summed E-state index contributed by atoms with van der Waals surface area (Å²) >= 11 is 1.04. The molecule has 5 nitrogen and oxygen atoms in total. The van der Waals surface area contributed by atoms with Crippen molar-refractivity contribution in [2.75, 3.05) is 0 Å². The van der Waals surface area contributed by atoms with E-state index in [0.29, 0.717) is 0 Å². The highest BCUT2D eigenvalue weighted by Gasteiger charge is 2.28. The zero-order valence-corrected chi connectivity index (χ0v) is 7.34. The molecule has 0 aromatic carbocycles. The second kappa shape index (κ2) is 3.20. The predicted octanol–water partition coefficient (Wildman–Crippen LogP) is 1.19. The predicted molar refractivity (Wildman–Crippen MR) is 34.8 cm³/mol. The second-order valence-corrected chi connectivity index (χ2v) is 6.46. The van der Waals surface area contributed by atoms with Crippen LogP contribution in [0.1, 0.15) is 0 Å². The minimum Gasteiger partial charge on any atom is -0.315 e. The first-order valence-electron chi connectivity index (χ1n) is 1.30. The van der Waals surface area contributed by atoms with Crippen LogP contribution in [0.15, 0.2) is 0 Å². The summed E-state index contributed by atoms with van der Waals surface area (Å²) in [7, 11) is -2.96. The third kappa shape index (κ3) is 6.94. The van der Waals surface area contributed by atoms with Crippen LogP contribution in [-0.4, -0.2) is 9.79 Å². The third-order valence-electron chi connectivity index (χ3n) is 0.171. The van der Waals surface area contributed by atoms with Crippen LogP contribution >= 0.6 is 35.5 Å². The zero-order chi connectivity index (χ0) is 6.78. The molecule has 2 unspecified atom stereocenters. The fourth-order valence-corrected chi connectivity index (χ4v) is 2.13. The average molecular weight is 271 g/mol. The topological polar surface area (TPSA) is 83.8 Å². The van der Waals surface area contributed by atoms with Gasteiger partial charge in [0.2, 0.25) is 0 Å². The molecule has 0 aliphatic rings. The van der Waals surface area contributed by atoms with E-state index >= 15 is 0 Å². The van der Waals surface area contributed by atoms with E-state index in [1.165, 1.54) is 0 Å². The highest BCUT2D eigenvalue weighted by atomic mass is 127. The highest BCUT2D eigenvalue weighted by molar-refractivity contribution is 14.2. The van der Waals surface area contributed by atoms with Gasteiger partial charge in [-0.1, -0.05) is 0 Å². The van der Waals surface area contributed by atoms with Gasteiger partial charge in [-0.05, 0) is 4.31 Å². The second-order valence-electron chi connectivity index (χ2n) is 0.771. The lowest BCUT2D eigenvalue weighted by Gasteiger charge is -1.85. The van der Waals surface area contributed by atoms with Crippen LogP contribution in [0.4, 0.5) is 0 Å². The van der Waals surface area contributed by atoms with Crippen molar-refractivity contribution in [2.45, 2.75) is 0 Å². The summed E-state index contributed by atoms with van der Waals surface area (Å²) < 4.78 is 23.2. The Hall–Kier alpha value is 0.940. The van der Waals surface area contributed by atoms with Gasteiger partial charge in [0.25, 0.3) is 0 Å².